The maximum atomic E-state index is 10.9. The van der Waals surface area contributed by atoms with E-state index in [0.29, 0.717) is 10.0 Å². The lowest BCUT2D eigenvalue weighted by Crippen LogP contribution is -2.28. The van der Waals surface area contributed by atoms with Crippen LogP contribution < -0.4 is 0 Å². The molecule has 0 radical (unpaired) electrons. The van der Waals surface area contributed by atoms with Gasteiger partial charge in [0.1, 0.15) is 5.75 Å². The lowest BCUT2D eigenvalue weighted by atomic mass is 9.85. The number of phenols is 1. The summed E-state index contributed by atoms with van der Waals surface area (Å²) in [5.41, 5.74) is -0.300. The lowest BCUT2D eigenvalue weighted by Gasteiger charge is -2.19. The predicted molar refractivity (Wildman–Crippen MR) is 56.5 cm³/mol. The minimum Gasteiger partial charge on any atom is -0.507 e. The van der Waals surface area contributed by atoms with Gasteiger partial charge in [-0.1, -0.05) is 6.07 Å². The number of halogens is 1. The summed E-state index contributed by atoms with van der Waals surface area (Å²) in [6, 6.07) is 4.70. The number of carboxylic acid groups (broad SMARTS) is 1. The highest BCUT2D eigenvalue weighted by atomic mass is 79.9. The molecule has 0 atom stereocenters. The van der Waals surface area contributed by atoms with E-state index >= 15 is 0 Å². The van der Waals surface area contributed by atoms with Crippen molar-refractivity contribution in [3.05, 3.63) is 28.2 Å². The SMILES string of the molecule is CC(C)(C(=O)O)c1ccc(O)c(Br)c1. The van der Waals surface area contributed by atoms with Gasteiger partial charge in [-0.15, -0.1) is 0 Å². The van der Waals surface area contributed by atoms with Crippen molar-refractivity contribution in [2.45, 2.75) is 19.3 Å². The predicted octanol–water partition coefficient (Wildman–Crippen LogP) is 2.52. The Morgan fingerprint density at radius 3 is 2.43 bits per heavy atom. The number of hydrogen-bond donors (Lipinski definition) is 2. The Morgan fingerprint density at radius 1 is 1.43 bits per heavy atom. The summed E-state index contributed by atoms with van der Waals surface area (Å²) in [6.07, 6.45) is 0. The van der Waals surface area contributed by atoms with Crippen LogP contribution in [0, 0.1) is 0 Å². The van der Waals surface area contributed by atoms with Gasteiger partial charge in [-0.2, -0.15) is 0 Å². The summed E-state index contributed by atoms with van der Waals surface area (Å²) in [4.78, 5) is 10.9. The van der Waals surface area contributed by atoms with Crippen molar-refractivity contribution in [2.24, 2.45) is 0 Å². The summed E-state index contributed by atoms with van der Waals surface area (Å²) < 4.78 is 0.504. The third-order valence-electron chi connectivity index (χ3n) is 2.20. The molecule has 2 N–H and O–H groups in total. The molecule has 4 heteroatoms. The smallest absolute Gasteiger partial charge is 0.313 e. The van der Waals surface area contributed by atoms with Crippen LogP contribution in [0.15, 0.2) is 22.7 Å². The molecular weight excluding hydrogens is 248 g/mol. The Morgan fingerprint density at radius 2 is 2.00 bits per heavy atom. The average molecular weight is 259 g/mol. The van der Waals surface area contributed by atoms with Crippen LogP contribution >= 0.6 is 15.9 Å². The Kier molecular flexibility index (Phi) is 2.85. The first-order chi connectivity index (χ1) is 6.35. The van der Waals surface area contributed by atoms with Crippen LogP contribution in [0.25, 0.3) is 0 Å². The fourth-order valence-corrected chi connectivity index (χ4v) is 1.40. The largest absolute Gasteiger partial charge is 0.507 e. The van der Waals surface area contributed by atoms with E-state index in [1.165, 1.54) is 6.07 Å². The van der Waals surface area contributed by atoms with E-state index < -0.39 is 11.4 Å². The quantitative estimate of drug-likeness (QED) is 0.857. The molecule has 0 saturated heterocycles. The van der Waals surface area contributed by atoms with Gasteiger partial charge >= 0.3 is 5.97 Å². The van der Waals surface area contributed by atoms with Gasteiger partial charge in [0.2, 0.25) is 0 Å². The highest BCUT2D eigenvalue weighted by molar-refractivity contribution is 9.10. The van der Waals surface area contributed by atoms with Gasteiger partial charge in [0.25, 0.3) is 0 Å². The van der Waals surface area contributed by atoms with Crippen LogP contribution in [0.2, 0.25) is 0 Å². The summed E-state index contributed by atoms with van der Waals surface area (Å²) in [6.45, 7) is 3.24. The third kappa shape index (κ3) is 1.90. The highest BCUT2D eigenvalue weighted by Gasteiger charge is 2.29. The Balaban J connectivity index is 3.21. The molecule has 0 aliphatic rings. The number of rotatable bonds is 2. The van der Waals surface area contributed by atoms with E-state index in [2.05, 4.69) is 15.9 Å². The second-order valence-corrected chi connectivity index (χ2v) is 4.45. The van der Waals surface area contributed by atoms with Crippen LogP contribution in [-0.4, -0.2) is 16.2 Å². The molecule has 3 nitrogen and oxygen atoms in total. The second kappa shape index (κ2) is 3.61. The number of hydrogen-bond acceptors (Lipinski definition) is 2. The third-order valence-corrected chi connectivity index (χ3v) is 2.84. The molecule has 76 valence electrons. The first-order valence-electron chi connectivity index (χ1n) is 4.08. The zero-order chi connectivity index (χ0) is 10.9. The Hall–Kier alpha value is -1.03. The normalized spacial score (nSPS) is 11.4. The molecule has 0 aromatic heterocycles. The molecule has 0 unspecified atom stereocenters. The highest BCUT2D eigenvalue weighted by Crippen LogP contribution is 2.30. The van der Waals surface area contributed by atoms with Crippen LogP contribution in [-0.2, 0) is 10.2 Å². The van der Waals surface area contributed by atoms with Gasteiger partial charge in [0, 0.05) is 0 Å². The molecule has 0 aliphatic heterocycles. The molecule has 0 saturated carbocycles. The van der Waals surface area contributed by atoms with Gasteiger partial charge in [0.05, 0.1) is 9.89 Å². The van der Waals surface area contributed by atoms with Gasteiger partial charge in [0.15, 0.2) is 0 Å². The monoisotopic (exact) mass is 258 g/mol. The van der Waals surface area contributed by atoms with Gasteiger partial charge in [-0.3, -0.25) is 4.79 Å². The fraction of sp³-hybridized carbons (Fsp3) is 0.300. The first kappa shape index (κ1) is 11.0. The summed E-state index contributed by atoms with van der Waals surface area (Å²) in [5.74, 6) is -0.787. The lowest BCUT2D eigenvalue weighted by molar-refractivity contribution is -0.142. The zero-order valence-corrected chi connectivity index (χ0v) is 9.50. The topological polar surface area (TPSA) is 57.5 Å². The first-order valence-corrected chi connectivity index (χ1v) is 4.87. The number of aliphatic carboxylic acids is 1. The van der Waals surface area contributed by atoms with Crippen LogP contribution in [0.1, 0.15) is 19.4 Å². The molecule has 14 heavy (non-hydrogen) atoms. The van der Waals surface area contributed by atoms with Gasteiger partial charge in [-0.05, 0) is 47.5 Å². The van der Waals surface area contributed by atoms with Gasteiger partial charge < -0.3 is 10.2 Å². The molecule has 1 aromatic carbocycles. The van der Waals surface area contributed by atoms with E-state index in [4.69, 9.17) is 5.11 Å². The van der Waals surface area contributed by atoms with Crippen LogP contribution in [0.5, 0.6) is 5.75 Å². The minimum absolute atomic E-state index is 0.106. The van der Waals surface area contributed by atoms with Crippen molar-refractivity contribution in [3.8, 4) is 5.75 Å². The molecular formula is C10H11BrO3. The maximum absolute atomic E-state index is 10.9. The van der Waals surface area contributed by atoms with E-state index in [0.717, 1.165) is 0 Å². The second-order valence-electron chi connectivity index (χ2n) is 3.60. The molecule has 0 aliphatic carbocycles. The molecule has 1 aromatic rings. The van der Waals surface area contributed by atoms with Crippen molar-refractivity contribution >= 4 is 21.9 Å². The van der Waals surface area contributed by atoms with Crippen LogP contribution in [0.3, 0.4) is 0 Å². The van der Waals surface area contributed by atoms with Gasteiger partial charge in [-0.25, -0.2) is 0 Å². The molecule has 0 heterocycles. The number of carbonyl (C=O) groups is 1. The molecule has 0 amide bonds. The molecule has 0 spiro atoms. The maximum Gasteiger partial charge on any atom is 0.313 e. The summed E-state index contributed by atoms with van der Waals surface area (Å²) in [5, 5.41) is 18.2. The minimum atomic E-state index is -0.948. The molecule has 0 bridgehead atoms. The Bertz CT molecular complexity index is 372. The summed E-state index contributed by atoms with van der Waals surface area (Å²) in [7, 11) is 0. The fourth-order valence-electron chi connectivity index (χ4n) is 1.02. The number of benzene rings is 1. The van der Waals surface area contributed by atoms with Crippen LogP contribution in [0.4, 0.5) is 0 Å². The summed E-state index contributed by atoms with van der Waals surface area (Å²) >= 11 is 3.14. The van der Waals surface area contributed by atoms with Crippen molar-refractivity contribution in [3.63, 3.8) is 0 Å². The van der Waals surface area contributed by atoms with Crippen molar-refractivity contribution in [1.82, 2.24) is 0 Å². The molecule has 0 fully saturated rings. The number of carboxylic acids is 1. The van der Waals surface area contributed by atoms with Crippen molar-refractivity contribution < 1.29 is 15.0 Å². The van der Waals surface area contributed by atoms with E-state index in [-0.39, 0.29) is 5.75 Å². The number of aromatic hydroxyl groups is 1. The standard InChI is InChI=1S/C10H11BrO3/c1-10(2,9(13)14)6-3-4-8(12)7(11)5-6/h3-5,12H,1-2H3,(H,13,14). The van der Waals surface area contributed by atoms with E-state index in [1.54, 1.807) is 26.0 Å². The van der Waals surface area contributed by atoms with Crippen molar-refractivity contribution in [1.29, 1.82) is 0 Å². The number of phenolic OH excluding ortho intramolecular Hbond substituents is 1. The average Bonchev–Trinajstić information content (AvgIpc) is 2.09. The zero-order valence-electron chi connectivity index (χ0n) is 7.91. The Labute approximate surface area is 90.5 Å². The van der Waals surface area contributed by atoms with E-state index in [1.807, 2.05) is 0 Å². The molecule has 1 rings (SSSR count). The van der Waals surface area contributed by atoms with Crippen molar-refractivity contribution in [2.75, 3.05) is 0 Å². The van der Waals surface area contributed by atoms with E-state index in [9.17, 15) is 9.90 Å².